The Kier molecular flexibility index (Phi) is 2.93. The fraction of sp³-hybridized carbons (Fsp3) is 0. The molecule has 0 amide bonds. The molecule has 2 aromatic rings. The van der Waals surface area contributed by atoms with Gasteiger partial charge in [-0.1, -0.05) is 85.0 Å². The maximum Gasteiger partial charge on any atom is -0.0111 e. The Morgan fingerprint density at radius 1 is 0.722 bits per heavy atom. The highest BCUT2D eigenvalue weighted by Gasteiger charge is 2.07. The summed E-state index contributed by atoms with van der Waals surface area (Å²) < 4.78 is 0. The lowest BCUT2D eigenvalue weighted by atomic mass is 10.1. The quantitative estimate of drug-likeness (QED) is 0.694. The third-order valence-electron chi connectivity index (χ3n) is 3.08. The van der Waals surface area contributed by atoms with Crippen molar-refractivity contribution in [1.82, 2.24) is 0 Å². The van der Waals surface area contributed by atoms with E-state index in [1.54, 1.807) is 0 Å². The maximum atomic E-state index is 2.17. The van der Waals surface area contributed by atoms with Crippen LogP contribution in [0, 0.1) is 0 Å². The smallest absolute Gasteiger partial charge is 0.0111 e. The molecule has 0 fully saturated rings. The van der Waals surface area contributed by atoms with Gasteiger partial charge in [0.15, 0.2) is 0 Å². The van der Waals surface area contributed by atoms with Gasteiger partial charge in [-0.05, 0) is 22.3 Å². The molecule has 0 saturated carbocycles. The molecule has 0 heterocycles. The van der Waals surface area contributed by atoms with Gasteiger partial charge in [0.1, 0.15) is 0 Å². The highest BCUT2D eigenvalue weighted by molar-refractivity contribution is 5.90. The Balaban J connectivity index is 1.84. The molecule has 1 aliphatic rings. The molecule has 0 unspecified atom stereocenters. The largest absolute Gasteiger partial charge is 0.0622 e. The second kappa shape index (κ2) is 4.89. The molecule has 86 valence electrons. The van der Waals surface area contributed by atoms with Gasteiger partial charge in [-0.2, -0.15) is 0 Å². The lowest BCUT2D eigenvalue weighted by Crippen LogP contribution is -1.78. The van der Waals surface area contributed by atoms with Crippen LogP contribution in [0.1, 0.15) is 16.7 Å². The summed E-state index contributed by atoms with van der Waals surface area (Å²) in [7, 11) is 0. The van der Waals surface area contributed by atoms with Crippen LogP contribution in [0.15, 0.2) is 72.8 Å². The van der Waals surface area contributed by atoms with E-state index in [2.05, 4.69) is 78.9 Å². The van der Waals surface area contributed by atoms with Gasteiger partial charge in [0.05, 0.1) is 0 Å². The molecule has 3 rings (SSSR count). The van der Waals surface area contributed by atoms with Crippen molar-refractivity contribution in [3.8, 4) is 0 Å². The topological polar surface area (TPSA) is 0 Å². The van der Waals surface area contributed by atoms with Gasteiger partial charge in [0.2, 0.25) is 0 Å². The van der Waals surface area contributed by atoms with Gasteiger partial charge in [0.25, 0.3) is 0 Å². The molecule has 0 spiro atoms. The zero-order chi connectivity index (χ0) is 12.2. The zero-order valence-electron chi connectivity index (χ0n) is 10.1. The Morgan fingerprint density at radius 2 is 1.50 bits per heavy atom. The second-order valence-corrected chi connectivity index (χ2v) is 4.31. The highest BCUT2D eigenvalue weighted by atomic mass is 14.1. The van der Waals surface area contributed by atoms with Crippen LogP contribution in [0.5, 0.6) is 0 Å². The van der Waals surface area contributed by atoms with Crippen molar-refractivity contribution in [3.05, 3.63) is 89.5 Å². The van der Waals surface area contributed by atoms with E-state index in [-0.39, 0.29) is 0 Å². The number of allylic oxidation sites excluding steroid dienone is 4. The van der Waals surface area contributed by atoms with Crippen LogP contribution in [-0.4, -0.2) is 0 Å². The van der Waals surface area contributed by atoms with Crippen molar-refractivity contribution in [3.63, 3.8) is 0 Å². The summed E-state index contributed by atoms with van der Waals surface area (Å²) in [6.45, 7) is 0. The van der Waals surface area contributed by atoms with Crippen LogP contribution in [-0.2, 0) is 0 Å². The standard InChI is InChI=1S/C18H14/c1-2-7-15(8-3-1)9-6-11-17-14-13-16-10-4-5-12-18(16)17/h1-14H. The lowest BCUT2D eigenvalue weighted by molar-refractivity contribution is 1.61. The van der Waals surface area contributed by atoms with Gasteiger partial charge in [-0.25, -0.2) is 0 Å². The first-order valence-electron chi connectivity index (χ1n) is 6.14. The first-order chi connectivity index (χ1) is 8.93. The minimum absolute atomic E-state index is 1.23. The van der Waals surface area contributed by atoms with Gasteiger partial charge >= 0.3 is 0 Å². The molecule has 0 heteroatoms. The molecule has 0 nitrogen and oxygen atoms in total. The normalized spacial score (nSPS) is 15.4. The van der Waals surface area contributed by atoms with Gasteiger partial charge in [0, 0.05) is 0 Å². The molecule has 0 bridgehead atoms. The summed E-state index contributed by atoms with van der Waals surface area (Å²) in [6.07, 6.45) is 10.7. The van der Waals surface area contributed by atoms with E-state index in [1.807, 2.05) is 6.07 Å². The Labute approximate surface area is 108 Å². The van der Waals surface area contributed by atoms with Crippen LogP contribution in [0.3, 0.4) is 0 Å². The second-order valence-electron chi connectivity index (χ2n) is 4.31. The molecule has 18 heavy (non-hydrogen) atoms. The molecule has 2 aromatic carbocycles. The van der Waals surface area contributed by atoms with E-state index in [1.165, 1.54) is 22.3 Å². The Bertz CT molecular complexity index is 628. The molecule has 0 atom stereocenters. The minimum atomic E-state index is 1.23. The van der Waals surface area contributed by atoms with Crippen molar-refractivity contribution < 1.29 is 0 Å². The fourth-order valence-electron chi connectivity index (χ4n) is 2.15. The number of fused-ring (bicyclic) bond motifs is 1. The lowest BCUT2D eigenvalue weighted by Gasteiger charge is -1.98. The van der Waals surface area contributed by atoms with Gasteiger partial charge in [-0.3, -0.25) is 0 Å². The van der Waals surface area contributed by atoms with Crippen molar-refractivity contribution in [2.45, 2.75) is 0 Å². The van der Waals surface area contributed by atoms with Crippen LogP contribution < -0.4 is 0 Å². The van der Waals surface area contributed by atoms with Crippen molar-refractivity contribution in [1.29, 1.82) is 0 Å². The Hall–Kier alpha value is -2.34. The Morgan fingerprint density at radius 3 is 2.39 bits per heavy atom. The number of benzene rings is 2. The first kappa shape index (κ1) is 10.8. The predicted molar refractivity (Wildman–Crippen MR) is 78.9 cm³/mol. The van der Waals surface area contributed by atoms with E-state index in [9.17, 15) is 0 Å². The first-order valence-corrected chi connectivity index (χ1v) is 6.14. The molecule has 0 N–H and O–H groups in total. The summed E-state index contributed by atoms with van der Waals surface area (Å²) in [4.78, 5) is 0. The van der Waals surface area contributed by atoms with E-state index in [0.717, 1.165) is 0 Å². The summed E-state index contributed by atoms with van der Waals surface area (Å²) in [5, 5.41) is 0. The molecule has 0 saturated heterocycles. The molecular weight excluding hydrogens is 216 g/mol. The van der Waals surface area contributed by atoms with Crippen LogP contribution in [0.2, 0.25) is 0 Å². The molecule has 0 aliphatic heterocycles. The fourth-order valence-corrected chi connectivity index (χ4v) is 2.15. The van der Waals surface area contributed by atoms with Gasteiger partial charge < -0.3 is 0 Å². The maximum absolute atomic E-state index is 2.17. The third-order valence-corrected chi connectivity index (χ3v) is 3.08. The van der Waals surface area contributed by atoms with E-state index in [0.29, 0.717) is 0 Å². The van der Waals surface area contributed by atoms with Gasteiger partial charge in [-0.15, -0.1) is 0 Å². The minimum Gasteiger partial charge on any atom is -0.0622 e. The predicted octanol–water partition coefficient (Wildman–Crippen LogP) is 4.81. The third kappa shape index (κ3) is 2.18. The van der Waals surface area contributed by atoms with Crippen molar-refractivity contribution in [2.75, 3.05) is 0 Å². The molecular formula is C18H14. The summed E-state index contributed by atoms with van der Waals surface area (Å²) in [5.74, 6) is 0. The average molecular weight is 230 g/mol. The van der Waals surface area contributed by atoms with E-state index >= 15 is 0 Å². The monoisotopic (exact) mass is 230 g/mol. The number of hydrogen-bond donors (Lipinski definition) is 0. The van der Waals surface area contributed by atoms with Crippen LogP contribution >= 0.6 is 0 Å². The van der Waals surface area contributed by atoms with E-state index in [4.69, 9.17) is 0 Å². The summed E-state index contributed by atoms with van der Waals surface area (Å²) in [5.41, 5.74) is 5.12. The SMILES string of the molecule is C(=Cc1ccccc1)C=C1C=Cc2ccccc21. The molecule has 0 radical (unpaired) electrons. The molecule has 1 aliphatic carbocycles. The van der Waals surface area contributed by atoms with Crippen molar-refractivity contribution >= 4 is 17.7 Å². The van der Waals surface area contributed by atoms with Crippen molar-refractivity contribution in [2.24, 2.45) is 0 Å². The van der Waals surface area contributed by atoms with Crippen LogP contribution in [0.25, 0.3) is 17.7 Å². The van der Waals surface area contributed by atoms with Crippen LogP contribution in [0.4, 0.5) is 0 Å². The summed E-state index contributed by atoms with van der Waals surface area (Å²) in [6, 6.07) is 18.8. The zero-order valence-corrected chi connectivity index (χ0v) is 10.1. The van der Waals surface area contributed by atoms with E-state index < -0.39 is 0 Å². The number of rotatable bonds is 2. The highest BCUT2D eigenvalue weighted by Crippen LogP contribution is 2.28. The molecule has 0 aromatic heterocycles. The summed E-state index contributed by atoms with van der Waals surface area (Å²) >= 11 is 0. The average Bonchev–Trinajstić information content (AvgIpc) is 2.84. The number of hydrogen-bond acceptors (Lipinski definition) is 0.